The SMILES string of the molecule is CCNCc1ncoc1-c1ccccc1. The van der Waals surface area contributed by atoms with Crippen molar-refractivity contribution in [3.8, 4) is 11.3 Å². The molecule has 1 heterocycles. The van der Waals surface area contributed by atoms with Crippen LogP contribution < -0.4 is 5.32 Å². The maximum atomic E-state index is 5.40. The van der Waals surface area contributed by atoms with Crippen molar-refractivity contribution in [1.29, 1.82) is 0 Å². The fourth-order valence-corrected chi connectivity index (χ4v) is 1.46. The fourth-order valence-electron chi connectivity index (χ4n) is 1.46. The number of aromatic nitrogens is 1. The minimum atomic E-state index is 0.747. The van der Waals surface area contributed by atoms with Crippen molar-refractivity contribution in [3.63, 3.8) is 0 Å². The molecule has 0 aliphatic heterocycles. The summed E-state index contributed by atoms with van der Waals surface area (Å²) < 4.78 is 5.40. The summed E-state index contributed by atoms with van der Waals surface area (Å²) in [6, 6.07) is 10.0. The first-order valence-electron chi connectivity index (χ1n) is 5.10. The zero-order valence-corrected chi connectivity index (χ0v) is 8.73. The molecule has 0 radical (unpaired) electrons. The van der Waals surface area contributed by atoms with Crippen molar-refractivity contribution >= 4 is 0 Å². The summed E-state index contributed by atoms with van der Waals surface area (Å²) in [6.45, 7) is 3.75. The van der Waals surface area contributed by atoms with Crippen LogP contribution in [0.4, 0.5) is 0 Å². The van der Waals surface area contributed by atoms with Gasteiger partial charge in [-0.3, -0.25) is 0 Å². The molecule has 0 saturated heterocycles. The molecule has 15 heavy (non-hydrogen) atoms. The number of nitrogens with zero attached hydrogens (tertiary/aromatic N) is 1. The van der Waals surface area contributed by atoms with Gasteiger partial charge in [-0.2, -0.15) is 0 Å². The van der Waals surface area contributed by atoms with Crippen LogP contribution in [0.2, 0.25) is 0 Å². The van der Waals surface area contributed by atoms with Crippen LogP contribution in [0.5, 0.6) is 0 Å². The number of rotatable bonds is 4. The van der Waals surface area contributed by atoms with E-state index in [0.29, 0.717) is 0 Å². The van der Waals surface area contributed by atoms with Crippen LogP contribution in [0.25, 0.3) is 11.3 Å². The Morgan fingerprint density at radius 1 is 1.27 bits per heavy atom. The first-order valence-corrected chi connectivity index (χ1v) is 5.10. The first-order chi connectivity index (χ1) is 7.42. The summed E-state index contributed by atoms with van der Waals surface area (Å²) in [6.07, 6.45) is 1.50. The van der Waals surface area contributed by atoms with Gasteiger partial charge < -0.3 is 9.73 Å². The highest BCUT2D eigenvalue weighted by Gasteiger charge is 2.08. The lowest BCUT2D eigenvalue weighted by Crippen LogP contribution is -2.12. The average molecular weight is 202 g/mol. The molecule has 0 aliphatic carbocycles. The molecule has 0 atom stereocenters. The number of hydrogen-bond acceptors (Lipinski definition) is 3. The normalized spacial score (nSPS) is 10.5. The number of hydrogen-bond donors (Lipinski definition) is 1. The molecule has 0 unspecified atom stereocenters. The van der Waals surface area contributed by atoms with Gasteiger partial charge in [0.05, 0.1) is 0 Å². The first kappa shape index (κ1) is 9.93. The summed E-state index contributed by atoms with van der Waals surface area (Å²) in [5.74, 6) is 0.858. The van der Waals surface area contributed by atoms with Gasteiger partial charge in [0, 0.05) is 12.1 Å². The maximum Gasteiger partial charge on any atom is 0.181 e. The van der Waals surface area contributed by atoms with Crippen LogP contribution in [0.1, 0.15) is 12.6 Å². The molecule has 1 N–H and O–H groups in total. The molecule has 2 aromatic rings. The van der Waals surface area contributed by atoms with Gasteiger partial charge in [-0.05, 0) is 6.54 Å². The zero-order valence-electron chi connectivity index (χ0n) is 8.73. The molecule has 3 heteroatoms. The van der Waals surface area contributed by atoms with Crippen LogP contribution in [0, 0.1) is 0 Å². The van der Waals surface area contributed by atoms with E-state index in [-0.39, 0.29) is 0 Å². The summed E-state index contributed by atoms with van der Waals surface area (Å²) >= 11 is 0. The number of benzene rings is 1. The Morgan fingerprint density at radius 3 is 2.80 bits per heavy atom. The third-order valence-electron chi connectivity index (χ3n) is 2.22. The quantitative estimate of drug-likeness (QED) is 0.827. The van der Waals surface area contributed by atoms with E-state index < -0.39 is 0 Å². The van der Waals surface area contributed by atoms with Crippen molar-refractivity contribution in [3.05, 3.63) is 42.4 Å². The van der Waals surface area contributed by atoms with E-state index in [9.17, 15) is 0 Å². The van der Waals surface area contributed by atoms with Gasteiger partial charge in [0.25, 0.3) is 0 Å². The Hall–Kier alpha value is -1.61. The van der Waals surface area contributed by atoms with Gasteiger partial charge in [-0.1, -0.05) is 37.3 Å². The molecule has 0 fully saturated rings. The molecule has 0 bridgehead atoms. The van der Waals surface area contributed by atoms with Crippen molar-refractivity contribution in [2.75, 3.05) is 6.54 Å². The van der Waals surface area contributed by atoms with E-state index in [1.165, 1.54) is 6.39 Å². The van der Waals surface area contributed by atoms with E-state index >= 15 is 0 Å². The molecule has 3 nitrogen and oxygen atoms in total. The molecule has 0 amide bonds. The third kappa shape index (κ3) is 2.25. The summed E-state index contributed by atoms with van der Waals surface area (Å²) in [5.41, 5.74) is 2.03. The molecular formula is C12H14N2O. The lowest BCUT2D eigenvalue weighted by molar-refractivity contribution is 0.570. The van der Waals surface area contributed by atoms with Gasteiger partial charge >= 0.3 is 0 Å². The lowest BCUT2D eigenvalue weighted by Gasteiger charge is -2.01. The lowest BCUT2D eigenvalue weighted by atomic mass is 10.1. The minimum absolute atomic E-state index is 0.747. The molecule has 0 spiro atoms. The highest BCUT2D eigenvalue weighted by molar-refractivity contribution is 5.59. The highest BCUT2D eigenvalue weighted by atomic mass is 16.3. The maximum absolute atomic E-state index is 5.40. The number of oxazole rings is 1. The minimum Gasteiger partial charge on any atom is -0.443 e. The van der Waals surface area contributed by atoms with Gasteiger partial charge in [0.15, 0.2) is 12.2 Å². The van der Waals surface area contributed by atoms with Gasteiger partial charge in [-0.15, -0.1) is 0 Å². The predicted molar refractivity (Wildman–Crippen MR) is 59.3 cm³/mol. The molecule has 0 saturated carbocycles. The van der Waals surface area contributed by atoms with Crippen LogP contribution in [0.15, 0.2) is 41.1 Å². The average Bonchev–Trinajstić information content (AvgIpc) is 2.75. The largest absolute Gasteiger partial charge is 0.443 e. The van der Waals surface area contributed by atoms with E-state index in [4.69, 9.17) is 4.42 Å². The molecule has 78 valence electrons. The van der Waals surface area contributed by atoms with Crippen LogP contribution in [-0.2, 0) is 6.54 Å². The molecule has 1 aromatic heterocycles. The Kier molecular flexibility index (Phi) is 3.15. The Labute approximate surface area is 89.1 Å². The summed E-state index contributed by atoms with van der Waals surface area (Å²) in [7, 11) is 0. The monoisotopic (exact) mass is 202 g/mol. The van der Waals surface area contributed by atoms with Crippen molar-refractivity contribution < 1.29 is 4.42 Å². The molecule has 2 rings (SSSR count). The van der Waals surface area contributed by atoms with Crippen molar-refractivity contribution in [1.82, 2.24) is 10.3 Å². The second kappa shape index (κ2) is 4.75. The second-order valence-electron chi connectivity index (χ2n) is 3.27. The second-order valence-corrected chi connectivity index (χ2v) is 3.27. The van der Waals surface area contributed by atoms with E-state index in [2.05, 4.69) is 17.2 Å². The van der Waals surface area contributed by atoms with E-state index in [0.717, 1.165) is 30.1 Å². The van der Waals surface area contributed by atoms with Crippen LogP contribution >= 0.6 is 0 Å². The van der Waals surface area contributed by atoms with Gasteiger partial charge in [0.1, 0.15) is 5.69 Å². The van der Waals surface area contributed by atoms with Crippen molar-refractivity contribution in [2.24, 2.45) is 0 Å². The van der Waals surface area contributed by atoms with Crippen LogP contribution in [0.3, 0.4) is 0 Å². The van der Waals surface area contributed by atoms with E-state index in [1.54, 1.807) is 0 Å². The summed E-state index contributed by atoms with van der Waals surface area (Å²) in [4.78, 5) is 4.20. The molecular weight excluding hydrogens is 188 g/mol. The van der Waals surface area contributed by atoms with Gasteiger partial charge in [-0.25, -0.2) is 4.98 Å². The Bertz CT molecular complexity index is 409. The molecule has 1 aromatic carbocycles. The van der Waals surface area contributed by atoms with Gasteiger partial charge in [0.2, 0.25) is 0 Å². The third-order valence-corrected chi connectivity index (χ3v) is 2.22. The number of nitrogens with one attached hydrogen (secondary N) is 1. The Morgan fingerprint density at radius 2 is 2.07 bits per heavy atom. The zero-order chi connectivity index (χ0) is 10.5. The summed E-state index contributed by atoms with van der Waals surface area (Å²) in [5, 5.41) is 3.24. The topological polar surface area (TPSA) is 38.1 Å². The molecule has 0 aliphatic rings. The van der Waals surface area contributed by atoms with E-state index in [1.807, 2.05) is 30.3 Å². The van der Waals surface area contributed by atoms with Crippen LogP contribution in [-0.4, -0.2) is 11.5 Å². The smallest absolute Gasteiger partial charge is 0.181 e. The van der Waals surface area contributed by atoms with Crippen molar-refractivity contribution in [2.45, 2.75) is 13.5 Å². The highest BCUT2D eigenvalue weighted by Crippen LogP contribution is 2.22. The fraction of sp³-hybridized carbons (Fsp3) is 0.250. The predicted octanol–water partition coefficient (Wildman–Crippen LogP) is 2.45. The Balaban J connectivity index is 2.25. The standard InChI is InChI=1S/C12H14N2O/c1-2-13-8-11-12(15-9-14-11)10-6-4-3-5-7-10/h3-7,9,13H,2,8H2,1H3.